The van der Waals surface area contributed by atoms with E-state index in [0.717, 1.165) is 22.4 Å². The minimum Gasteiger partial charge on any atom is -0.497 e. The van der Waals surface area contributed by atoms with Crippen molar-refractivity contribution < 1.29 is 27.5 Å². The summed E-state index contributed by atoms with van der Waals surface area (Å²) in [4.78, 5) is 42.4. The molecule has 0 aromatic heterocycles. The van der Waals surface area contributed by atoms with Crippen LogP contribution in [0.25, 0.3) is 0 Å². The molecule has 12 heteroatoms. The summed E-state index contributed by atoms with van der Waals surface area (Å²) in [5.74, 6) is -0.813. The largest absolute Gasteiger partial charge is 0.497 e. The van der Waals surface area contributed by atoms with Crippen molar-refractivity contribution in [2.75, 3.05) is 26.7 Å². The third-order valence-corrected chi connectivity index (χ3v) is 10.3. The molecular formula is C36H47N5O6S. The van der Waals surface area contributed by atoms with Gasteiger partial charge in [0.1, 0.15) is 17.8 Å². The van der Waals surface area contributed by atoms with E-state index < -0.39 is 40.0 Å². The van der Waals surface area contributed by atoms with Crippen molar-refractivity contribution >= 4 is 27.7 Å². The Morgan fingerprint density at radius 3 is 2.31 bits per heavy atom. The van der Waals surface area contributed by atoms with Crippen LogP contribution in [0.1, 0.15) is 42.9 Å². The van der Waals surface area contributed by atoms with Gasteiger partial charge in [0, 0.05) is 19.6 Å². The number of amides is 3. The van der Waals surface area contributed by atoms with Gasteiger partial charge in [0.05, 0.1) is 18.0 Å². The Morgan fingerprint density at radius 1 is 0.958 bits per heavy atom. The number of nitrogens with two attached hydrogens (primary N) is 1. The molecule has 1 aliphatic heterocycles. The summed E-state index contributed by atoms with van der Waals surface area (Å²) >= 11 is 0. The average molecular weight is 678 g/mol. The molecule has 4 rings (SSSR count). The third kappa shape index (κ3) is 10.1. The van der Waals surface area contributed by atoms with Crippen molar-refractivity contribution in [2.24, 2.45) is 11.7 Å². The number of aryl methyl sites for hydroxylation is 1. The predicted octanol–water partition coefficient (Wildman–Crippen LogP) is 2.71. The van der Waals surface area contributed by atoms with Crippen LogP contribution in [0.2, 0.25) is 0 Å². The van der Waals surface area contributed by atoms with Crippen LogP contribution in [0, 0.1) is 12.8 Å². The number of rotatable bonds is 15. The summed E-state index contributed by atoms with van der Waals surface area (Å²) in [5, 5.41) is 5.82. The first-order chi connectivity index (χ1) is 23.0. The normalized spacial score (nSPS) is 18.0. The van der Waals surface area contributed by atoms with Crippen LogP contribution >= 0.6 is 0 Å². The molecule has 0 spiro atoms. The van der Waals surface area contributed by atoms with E-state index in [9.17, 15) is 22.8 Å². The van der Waals surface area contributed by atoms with Gasteiger partial charge in [-0.05, 0) is 87.3 Å². The van der Waals surface area contributed by atoms with E-state index in [2.05, 4.69) is 15.4 Å². The van der Waals surface area contributed by atoms with Gasteiger partial charge in [-0.25, -0.2) is 13.1 Å². The lowest BCUT2D eigenvalue weighted by molar-refractivity contribution is -0.143. The Morgan fingerprint density at radius 2 is 1.65 bits per heavy atom. The first-order valence-corrected chi connectivity index (χ1v) is 17.8. The highest BCUT2D eigenvalue weighted by Gasteiger charge is 2.39. The van der Waals surface area contributed by atoms with E-state index in [-0.39, 0.29) is 29.7 Å². The van der Waals surface area contributed by atoms with Crippen LogP contribution in [-0.2, 0) is 37.2 Å². The van der Waals surface area contributed by atoms with Gasteiger partial charge >= 0.3 is 0 Å². The van der Waals surface area contributed by atoms with Crippen LogP contribution < -0.4 is 25.8 Å². The fourth-order valence-electron chi connectivity index (χ4n) is 5.87. The molecule has 3 amide bonds. The molecule has 0 bridgehead atoms. The second-order valence-corrected chi connectivity index (χ2v) is 14.0. The van der Waals surface area contributed by atoms with Crippen molar-refractivity contribution in [1.29, 1.82) is 0 Å². The fraction of sp³-hybridized carbons (Fsp3) is 0.417. The van der Waals surface area contributed by atoms with Crippen LogP contribution in [0.15, 0.2) is 83.8 Å². The van der Waals surface area contributed by atoms with Gasteiger partial charge in [-0.2, -0.15) is 0 Å². The molecule has 1 saturated heterocycles. The standard InChI is InChI=1S/C36H47N5O6S/c1-25-11-17-31(18-12-25)48(45,46)39-22-20-29-10-7-23-41(26(2)34(42)38-21-19-27-13-15-30(47-3)16-14-27)36(44)33(29)40-35(43)32(37)24-28-8-5-4-6-9-28/h4-6,8-9,11-18,26,29,32-33,39H,7,10,19-24,37H2,1-3H3,(H,38,42)(H,40,43)/t26-,29+,32+,33-/m0/s1. The monoisotopic (exact) mass is 677 g/mol. The van der Waals surface area contributed by atoms with E-state index in [0.29, 0.717) is 38.8 Å². The number of nitrogens with zero attached hydrogens (tertiary/aromatic N) is 1. The number of methoxy groups -OCH3 is 1. The Bertz CT molecular complexity index is 1620. The maximum atomic E-state index is 14.1. The Hall–Kier alpha value is -4.26. The van der Waals surface area contributed by atoms with Crippen molar-refractivity contribution in [2.45, 2.75) is 69.0 Å². The van der Waals surface area contributed by atoms with Crippen LogP contribution in [0.4, 0.5) is 0 Å². The Labute approximate surface area is 283 Å². The minimum atomic E-state index is -3.77. The van der Waals surface area contributed by atoms with E-state index in [1.807, 2.05) is 61.5 Å². The van der Waals surface area contributed by atoms with Crippen molar-refractivity contribution in [3.8, 4) is 5.75 Å². The number of nitrogens with one attached hydrogen (secondary N) is 3. The number of likely N-dealkylation sites (tertiary alicyclic amines) is 1. The van der Waals surface area contributed by atoms with Gasteiger partial charge in [0.2, 0.25) is 27.7 Å². The molecule has 1 fully saturated rings. The van der Waals surface area contributed by atoms with Gasteiger partial charge < -0.3 is 26.0 Å². The highest BCUT2D eigenvalue weighted by Crippen LogP contribution is 2.24. The molecule has 0 unspecified atom stereocenters. The maximum Gasteiger partial charge on any atom is 0.246 e. The fourth-order valence-corrected chi connectivity index (χ4v) is 6.92. The summed E-state index contributed by atoms with van der Waals surface area (Å²) in [7, 11) is -2.17. The molecule has 48 heavy (non-hydrogen) atoms. The summed E-state index contributed by atoms with van der Waals surface area (Å²) in [6.45, 7) is 4.33. The van der Waals surface area contributed by atoms with Gasteiger partial charge in [-0.3, -0.25) is 14.4 Å². The van der Waals surface area contributed by atoms with Crippen molar-refractivity contribution in [1.82, 2.24) is 20.3 Å². The molecule has 258 valence electrons. The van der Waals surface area contributed by atoms with Crippen molar-refractivity contribution in [3.63, 3.8) is 0 Å². The summed E-state index contributed by atoms with van der Waals surface area (Å²) in [6.07, 6.45) is 2.30. The molecule has 4 atom stereocenters. The molecule has 0 saturated carbocycles. The second kappa shape index (κ2) is 17.2. The number of sulfonamides is 1. The first-order valence-electron chi connectivity index (χ1n) is 16.4. The van der Waals surface area contributed by atoms with Crippen LogP contribution in [0.3, 0.4) is 0 Å². The molecule has 3 aromatic rings. The van der Waals surface area contributed by atoms with E-state index in [1.54, 1.807) is 38.3 Å². The lowest BCUT2D eigenvalue weighted by atomic mass is 9.91. The number of carbonyl (C=O) groups is 3. The molecule has 1 aliphatic rings. The quantitative estimate of drug-likeness (QED) is 0.193. The van der Waals surface area contributed by atoms with E-state index in [1.165, 1.54) is 4.90 Å². The summed E-state index contributed by atoms with van der Waals surface area (Å²) < 4.78 is 33.7. The van der Waals surface area contributed by atoms with Crippen LogP contribution in [0.5, 0.6) is 5.75 Å². The molecule has 1 heterocycles. The third-order valence-electron chi connectivity index (χ3n) is 8.78. The maximum absolute atomic E-state index is 14.1. The van der Waals surface area contributed by atoms with Crippen molar-refractivity contribution in [3.05, 3.63) is 95.6 Å². The molecule has 0 radical (unpaired) electrons. The number of hydrogen-bond donors (Lipinski definition) is 4. The van der Waals surface area contributed by atoms with Gasteiger partial charge in [-0.1, -0.05) is 60.2 Å². The van der Waals surface area contributed by atoms with E-state index in [4.69, 9.17) is 10.5 Å². The van der Waals surface area contributed by atoms with Gasteiger partial charge in [-0.15, -0.1) is 0 Å². The zero-order valence-electron chi connectivity index (χ0n) is 27.9. The van der Waals surface area contributed by atoms with Crippen LogP contribution in [-0.4, -0.2) is 75.9 Å². The molecule has 3 aromatic carbocycles. The molecule has 5 N–H and O–H groups in total. The first kappa shape index (κ1) is 36.6. The highest BCUT2D eigenvalue weighted by atomic mass is 32.2. The summed E-state index contributed by atoms with van der Waals surface area (Å²) in [6, 6.07) is 20.8. The zero-order valence-corrected chi connectivity index (χ0v) is 28.7. The zero-order chi connectivity index (χ0) is 34.7. The lowest BCUT2D eigenvalue weighted by Crippen LogP contribution is -2.58. The summed E-state index contributed by atoms with van der Waals surface area (Å²) in [5.41, 5.74) is 9.15. The van der Waals surface area contributed by atoms with Gasteiger partial charge in [0.15, 0.2) is 0 Å². The average Bonchev–Trinajstić information content (AvgIpc) is 3.23. The Kier molecular flexibility index (Phi) is 13.1. The predicted molar refractivity (Wildman–Crippen MR) is 185 cm³/mol. The number of hydrogen-bond acceptors (Lipinski definition) is 7. The van der Waals surface area contributed by atoms with Gasteiger partial charge in [0.25, 0.3) is 0 Å². The topological polar surface area (TPSA) is 160 Å². The molecular weight excluding hydrogens is 630 g/mol. The SMILES string of the molecule is COc1ccc(CCNC(=O)[C@H](C)N2CCC[C@H](CCNS(=O)(=O)c3ccc(C)cc3)[C@H](NC(=O)[C@H](N)Cc3ccccc3)C2=O)cc1. The number of benzene rings is 3. The molecule has 11 nitrogen and oxygen atoms in total. The smallest absolute Gasteiger partial charge is 0.246 e. The minimum absolute atomic E-state index is 0.0675. The number of carbonyl (C=O) groups excluding carboxylic acids is 3. The van der Waals surface area contributed by atoms with E-state index >= 15 is 0 Å². The molecule has 0 aliphatic carbocycles. The number of ether oxygens (including phenoxy) is 1. The highest BCUT2D eigenvalue weighted by molar-refractivity contribution is 7.89. The Balaban J connectivity index is 1.44. The second-order valence-electron chi connectivity index (χ2n) is 12.3. The lowest BCUT2D eigenvalue weighted by Gasteiger charge is -2.32.